The first-order chi connectivity index (χ1) is 14.4. The summed E-state index contributed by atoms with van der Waals surface area (Å²) in [5, 5.41) is 13.7. The van der Waals surface area contributed by atoms with E-state index < -0.39 is 17.8 Å². The lowest BCUT2D eigenvalue weighted by atomic mass is 10.0. The number of urea groups is 1. The Morgan fingerprint density at radius 3 is 2.57 bits per heavy atom. The van der Waals surface area contributed by atoms with Crippen LogP contribution < -0.4 is 15.0 Å². The third-order valence-electron chi connectivity index (χ3n) is 4.69. The molecule has 0 aliphatic carbocycles. The van der Waals surface area contributed by atoms with Gasteiger partial charge in [0, 0.05) is 5.39 Å². The van der Waals surface area contributed by atoms with Gasteiger partial charge < -0.3 is 9.84 Å². The lowest BCUT2D eigenvalue weighted by Crippen LogP contribution is -2.54. The number of fused-ring (bicyclic) bond motifs is 1. The van der Waals surface area contributed by atoms with E-state index in [1.807, 2.05) is 18.2 Å². The minimum Gasteiger partial charge on any atom is -0.503 e. The zero-order valence-corrected chi connectivity index (χ0v) is 17.3. The highest BCUT2D eigenvalue weighted by Gasteiger charge is 2.37. The smallest absolute Gasteiger partial charge is 0.335 e. The van der Waals surface area contributed by atoms with E-state index in [9.17, 15) is 19.5 Å². The molecule has 1 fully saturated rings. The number of benzene rings is 3. The molecule has 30 heavy (non-hydrogen) atoms. The summed E-state index contributed by atoms with van der Waals surface area (Å²) in [6, 6.07) is 14.8. The highest BCUT2D eigenvalue weighted by Crippen LogP contribution is 2.36. The third-order valence-corrected chi connectivity index (χ3v) is 5.30. The molecule has 0 saturated carbocycles. The Balaban J connectivity index is 1.82. The van der Waals surface area contributed by atoms with Gasteiger partial charge in [0.1, 0.15) is 5.57 Å². The van der Waals surface area contributed by atoms with Gasteiger partial charge in [-0.1, -0.05) is 36.4 Å². The molecule has 0 unspecified atom stereocenters. The highest BCUT2D eigenvalue weighted by atomic mass is 79.9. The predicted molar refractivity (Wildman–Crippen MR) is 115 cm³/mol. The first kappa shape index (κ1) is 19.7. The van der Waals surface area contributed by atoms with Crippen LogP contribution in [0.1, 0.15) is 5.56 Å². The third kappa shape index (κ3) is 3.31. The quantitative estimate of drug-likeness (QED) is 0.449. The van der Waals surface area contributed by atoms with Crippen molar-refractivity contribution < 1.29 is 24.2 Å². The normalized spacial score (nSPS) is 15.6. The van der Waals surface area contributed by atoms with Crippen molar-refractivity contribution in [1.82, 2.24) is 5.32 Å². The molecule has 4 amide bonds. The number of aromatic hydroxyl groups is 1. The number of halogens is 1. The van der Waals surface area contributed by atoms with Gasteiger partial charge in [-0.2, -0.15) is 0 Å². The van der Waals surface area contributed by atoms with Gasteiger partial charge in [-0.3, -0.25) is 14.9 Å². The number of methoxy groups -OCH3 is 1. The molecule has 0 spiro atoms. The second kappa shape index (κ2) is 7.64. The van der Waals surface area contributed by atoms with E-state index in [1.54, 1.807) is 24.3 Å². The van der Waals surface area contributed by atoms with Crippen molar-refractivity contribution in [2.24, 2.45) is 0 Å². The lowest BCUT2D eigenvalue weighted by molar-refractivity contribution is -0.122. The van der Waals surface area contributed by atoms with E-state index in [-0.39, 0.29) is 17.1 Å². The number of amides is 4. The number of phenolic OH excluding ortho intramolecular Hbond substituents is 1. The zero-order chi connectivity index (χ0) is 21.4. The Morgan fingerprint density at radius 2 is 1.80 bits per heavy atom. The van der Waals surface area contributed by atoms with E-state index in [0.717, 1.165) is 10.3 Å². The number of imide groups is 2. The molecule has 1 saturated heterocycles. The summed E-state index contributed by atoms with van der Waals surface area (Å²) < 4.78 is 5.44. The molecular formula is C22H15BrN2O5. The van der Waals surface area contributed by atoms with Crippen molar-refractivity contribution in [2.45, 2.75) is 0 Å². The topological polar surface area (TPSA) is 95.9 Å². The molecule has 4 rings (SSSR count). The molecule has 2 N–H and O–H groups in total. The molecule has 0 aromatic heterocycles. The number of anilines is 1. The van der Waals surface area contributed by atoms with Gasteiger partial charge >= 0.3 is 6.03 Å². The zero-order valence-electron chi connectivity index (χ0n) is 15.7. The van der Waals surface area contributed by atoms with Crippen LogP contribution in [0, 0.1) is 0 Å². The second-order valence-electron chi connectivity index (χ2n) is 6.51. The number of rotatable bonds is 3. The summed E-state index contributed by atoms with van der Waals surface area (Å²) in [6.45, 7) is 0. The summed E-state index contributed by atoms with van der Waals surface area (Å²) in [5.41, 5.74) is 0.586. The molecular weight excluding hydrogens is 452 g/mol. The monoisotopic (exact) mass is 466 g/mol. The van der Waals surface area contributed by atoms with Crippen LogP contribution in [0.5, 0.6) is 11.5 Å². The molecule has 0 radical (unpaired) electrons. The van der Waals surface area contributed by atoms with Crippen molar-refractivity contribution in [1.29, 1.82) is 0 Å². The first-order valence-electron chi connectivity index (χ1n) is 8.86. The van der Waals surface area contributed by atoms with Crippen LogP contribution in [0.2, 0.25) is 0 Å². The van der Waals surface area contributed by atoms with E-state index in [1.165, 1.54) is 25.3 Å². The van der Waals surface area contributed by atoms with Gasteiger partial charge in [0.2, 0.25) is 0 Å². The van der Waals surface area contributed by atoms with Crippen LogP contribution in [-0.2, 0) is 9.59 Å². The van der Waals surface area contributed by atoms with Gasteiger partial charge in [0.05, 0.1) is 17.3 Å². The molecule has 1 aliphatic rings. The minimum absolute atomic E-state index is 0.105. The summed E-state index contributed by atoms with van der Waals surface area (Å²) in [7, 11) is 1.39. The maximum Gasteiger partial charge on any atom is 0.335 e. The molecule has 7 nitrogen and oxygen atoms in total. The van der Waals surface area contributed by atoms with E-state index >= 15 is 0 Å². The van der Waals surface area contributed by atoms with Gasteiger partial charge in [0.25, 0.3) is 11.8 Å². The number of carbonyl (C=O) groups is 3. The van der Waals surface area contributed by atoms with Crippen LogP contribution in [0.3, 0.4) is 0 Å². The van der Waals surface area contributed by atoms with Crippen molar-refractivity contribution in [3.8, 4) is 11.5 Å². The molecule has 150 valence electrons. The summed E-state index contributed by atoms with van der Waals surface area (Å²) in [5.74, 6) is -1.48. The van der Waals surface area contributed by atoms with E-state index in [4.69, 9.17) is 4.74 Å². The molecule has 0 atom stereocenters. The van der Waals surface area contributed by atoms with Crippen LogP contribution in [0.15, 0.2) is 64.6 Å². The Kier molecular flexibility index (Phi) is 5.01. The second-order valence-corrected chi connectivity index (χ2v) is 7.36. The average molecular weight is 467 g/mol. The maximum absolute atomic E-state index is 13.2. The van der Waals surface area contributed by atoms with E-state index in [2.05, 4.69) is 21.2 Å². The Labute approximate surface area is 179 Å². The van der Waals surface area contributed by atoms with Crippen LogP contribution in [0.4, 0.5) is 10.5 Å². The number of nitrogens with one attached hydrogen (secondary N) is 1. The maximum atomic E-state index is 13.2. The number of hydrogen-bond acceptors (Lipinski definition) is 5. The largest absolute Gasteiger partial charge is 0.503 e. The molecule has 0 bridgehead atoms. The average Bonchev–Trinajstić information content (AvgIpc) is 2.73. The Morgan fingerprint density at radius 1 is 1.07 bits per heavy atom. The van der Waals surface area contributed by atoms with Crippen LogP contribution >= 0.6 is 15.9 Å². The number of barbiturate groups is 1. The van der Waals surface area contributed by atoms with Crippen molar-refractivity contribution in [3.05, 3.63) is 70.2 Å². The molecule has 1 aliphatic heterocycles. The van der Waals surface area contributed by atoms with Gasteiger partial charge in [-0.15, -0.1) is 0 Å². The number of phenols is 1. The van der Waals surface area contributed by atoms with E-state index in [0.29, 0.717) is 21.1 Å². The van der Waals surface area contributed by atoms with Gasteiger partial charge in [0.15, 0.2) is 11.5 Å². The molecule has 8 heteroatoms. The van der Waals surface area contributed by atoms with Crippen molar-refractivity contribution >= 4 is 56.3 Å². The van der Waals surface area contributed by atoms with Crippen molar-refractivity contribution in [2.75, 3.05) is 12.0 Å². The first-order valence-corrected chi connectivity index (χ1v) is 9.65. The van der Waals surface area contributed by atoms with Crippen molar-refractivity contribution in [3.63, 3.8) is 0 Å². The standard InChI is InChI=1S/C22H15BrN2O5/c1-30-18-11-12(10-16(23)19(18)26)9-15-20(27)24-22(29)25(21(15)28)17-8-4-6-13-5-2-3-7-14(13)17/h2-11,26H,1H3,(H,24,27,29)/b15-9+. The number of ether oxygens (including phenoxy) is 1. The Hall–Kier alpha value is -3.65. The summed E-state index contributed by atoms with van der Waals surface area (Å²) in [6.07, 6.45) is 1.34. The summed E-state index contributed by atoms with van der Waals surface area (Å²) in [4.78, 5) is 39.1. The van der Waals surface area contributed by atoms with Gasteiger partial charge in [-0.25, -0.2) is 9.69 Å². The molecule has 3 aromatic carbocycles. The lowest BCUT2D eigenvalue weighted by Gasteiger charge is -2.27. The number of hydrogen-bond donors (Lipinski definition) is 2. The molecule has 3 aromatic rings. The molecule has 1 heterocycles. The van der Waals surface area contributed by atoms with Crippen LogP contribution in [-0.4, -0.2) is 30.1 Å². The fraction of sp³-hybridized carbons (Fsp3) is 0.0455. The number of nitrogens with zero attached hydrogens (tertiary/aromatic N) is 1. The minimum atomic E-state index is -0.817. The number of carbonyl (C=O) groups excluding carboxylic acids is 3. The highest BCUT2D eigenvalue weighted by molar-refractivity contribution is 9.10. The fourth-order valence-corrected chi connectivity index (χ4v) is 3.74. The SMILES string of the molecule is COc1cc(/C=C2\C(=O)NC(=O)N(c3cccc4ccccc34)C2=O)cc(Br)c1O. The van der Waals surface area contributed by atoms with Gasteiger partial charge in [-0.05, 0) is 51.2 Å². The predicted octanol–water partition coefficient (Wildman–Crippen LogP) is 3.98. The summed E-state index contributed by atoms with van der Waals surface area (Å²) >= 11 is 3.21. The fourth-order valence-electron chi connectivity index (χ4n) is 3.28. The Bertz CT molecular complexity index is 1250. The van der Waals surface area contributed by atoms with Crippen LogP contribution in [0.25, 0.3) is 16.8 Å².